The van der Waals surface area contributed by atoms with Crippen molar-refractivity contribution < 1.29 is 0 Å². The van der Waals surface area contributed by atoms with E-state index in [4.69, 9.17) is 0 Å². The minimum Gasteiger partial charge on any atom is -0.365 e. The Morgan fingerprint density at radius 1 is 1.11 bits per heavy atom. The zero-order chi connectivity index (χ0) is 13.1. The summed E-state index contributed by atoms with van der Waals surface area (Å²) < 4.78 is 0. The molecule has 0 unspecified atom stereocenters. The van der Waals surface area contributed by atoms with Crippen LogP contribution < -0.4 is 10.9 Å². The molecule has 0 fully saturated rings. The molecule has 2 N–H and O–H groups in total. The van der Waals surface area contributed by atoms with Gasteiger partial charge in [0.25, 0.3) is 5.56 Å². The number of hydrogen-bond donors (Lipinski definition) is 2. The molecule has 0 aliphatic rings. The van der Waals surface area contributed by atoms with Crippen LogP contribution in [0.25, 0.3) is 0 Å². The average molecular weight is 251 g/mol. The maximum Gasteiger partial charge on any atom is 0.290 e. The smallest absolute Gasteiger partial charge is 0.290 e. The predicted molar refractivity (Wildman–Crippen MR) is 76.0 cm³/mol. The second-order valence-corrected chi connectivity index (χ2v) is 4.67. The number of hydrogen-bond acceptors (Lipinski definition) is 3. The van der Waals surface area contributed by atoms with E-state index in [1.807, 2.05) is 0 Å². The monoisotopic (exact) mass is 251 g/mol. The van der Waals surface area contributed by atoms with Crippen molar-refractivity contribution in [3.05, 3.63) is 22.7 Å². The van der Waals surface area contributed by atoms with E-state index in [0.29, 0.717) is 5.82 Å². The first kappa shape index (κ1) is 14.7. The van der Waals surface area contributed by atoms with Gasteiger partial charge in [-0.15, -0.1) is 0 Å². The molecular weight excluding hydrogens is 226 g/mol. The van der Waals surface area contributed by atoms with Gasteiger partial charge in [0, 0.05) is 18.9 Å². The molecule has 4 heteroatoms. The second kappa shape index (κ2) is 9.68. The van der Waals surface area contributed by atoms with E-state index in [2.05, 4.69) is 22.2 Å². The van der Waals surface area contributed by atoms with Crippen molar-refractivity contribution in [2.75, 3.05) is 11.9 Å². The van der Waals surface area contributed by atoms with E-state index in [0.717, 1.165) is 13.0 Å². The van der Waals surface area contributed by atoms with E-state index in [1.54, 1.807) is 12.4 Å². The fraction of sp³-hybridized carbons (Fsp3) is 0.714. The van der Waals surface area contributed by atoms with E-state index in [1.165, 1.54) is 44.9 Å². The Balaban J connectivity index is 1.96. The fourth-order valence-corrected chi connectivity index (χ4v) is 1.94. The summed E-state index contributed by atoms with van der Waals surface area (Å²) in [5, 5.41) is 3.07. The van der Waals surface area contributed by atoms with Gasteiger partial charge in [-0.3, -0.25) is 4.79 Å². The van der Waals surface area contributed by atoms with Crippen molar-refractivity contribution in [2.45, 2.75) is 58.3 Å². The summed E-state index contributed by atoms with van der Waals surface area (Å²) in [5.74, 6) is 0.431. The van der Waals surface area contributed by atoms with Gasteiger partial charge in [-0.05, 0) is 6.42 Å². The van der Waals surface area contributed by atoms with Crippen molar-refractivity contribution in [3.63, 3.8) is 0 Å². The maximum absolute atomic E-state index is 11.3. The molecule has 102 valence electrons. The number of nitrogens with zero attached hydrogens (tertiary/aromatic N) is 1. The van der Waals surface area contributed by atoms with Crippen LogP contribution in [0.4, 0.5) is 5.82 Å². The van der Waals surface area contributed by atoms with Gasteiger partial charge < -0.3 is 10.3 Å². The van der Waals surface area contributed by atoms with Crippen molar-refractivity contribution in [1.29, 1.82) is 0 Å². The molecule has 0 aromatic carbocycles. The molecule has 1 rings (SSSR count). The van der Waals surface area contributed by atoms with Crippen molar-refractivity contribution in [3.8, 4) is 0 Å². The summed E-state index contributed by atoms with van der Waals surface area (Å²) in [6.45, 7) is 3.07. The van der Waals surface area contributed by atoms with E-state index >= 15 is 0 Å². The molecule has 1 aromatic rings. The largest absolute Gasteiger partial charge is 0.365 e. The number of anilines is 1. The quantitative estimate of drug-likeness (QED) is 0.627. The third kappa shape index (κ3) is 6.42. The molecule has 0 radical (unpaired) electrons. The van der Waals surface area contributed by atoms with Gasteiger partial charge in [-0.25, -0.2) is 4.98 Å². The molecule has 0 spiro atoms. The van der Waals surface area contributed by atoms with Gasteiger partial charge in [0.15, 0.2) is 5.82 Å². The SMILES string of the molecule is CCCCCCCCCCNc1ncc[nH]c1=O. The zero-order valence-corrected chi connectivity index (χ0v) is 11.4. The van der Waals surface area contributed by atoms with Gasteiger partial charge >= 0.3 is 0 Å². The highest BCUT2D eigenvalue weighted by Gasteiger charge is 1.97. The zero-order valence-electron chi connectivity index (χ0n) is 11.4. The Hall–Kier alpha value is -1.32. The van der Waals surface area contributed by atoms with E-state index < -0.39 is 0 Å². The maximum atomic E-state index is 11.3. The summed E-state index contributed by atoms with van der Waals surface area (Å²) in [6.07, 6.45) is 13.5. The number of H-pyrrole nitrogens is 1. The summed E-state index contributed by atoms with van der Waals surface area (Å²) in [5.41, 5.74) is -0.142. The lowest BCUT2D eigenvalue weighted by molar-refractivity contribution is 0.581. The molecular formula is C14H25N3O. The lowest BCUT2D eigenvalue weighted by Crippen LogP contribution is -2.15. The van der Waals surface area contributed by atoms with Crippen molar-refractivity contribution in [1.82, 2.24) is 9.97 Å². The lowest BCUT2D eigenvalue weighted by Gasteiger charge is -2.04. The molecule has 4 nitrogen and oxygen atoms in total. The van der Waals surface area contributed by atoms with Crippen LogP contribution in [0.1, 0.15) is 58.3 Å². The van der Waals surface area contributed by atoms with Crippen LogP contribution in [0.3, 0.4) is 0 Å². The second-order valence-electron chi connectivity index (χ2n) is 4.67. The fourth-order valence-electron chi connectivity index (χ4n) is 1.94. The van der Waals surface area contributed by atoms with Crippen LogP contribution in [0.5, 0.6) is 0 Å². The predicted octanol–water partition coefficient (Wildman–Crippen LogP) is 3.32. The Kier molecular flexibility index (Phi) is 7.93. The van der Waals surface area contributed by atoms with Gasteiger partial charge in [-0.1, -0.05) is 51.9 Å². The van der Waals surface area contributed by atoms with Crippen LogP contribution in [0.2, 0.25) is 0 Å². The minimum atomic E-state index is -0.142. The third-order valence-electron chi connectivity index (χ3n) is 3.03. The Morgan fingerprint density at radius 2 is 1.78 bits per heavy atom. The van der Waals surface area contributed by atoms with Crippen LogP contribution >= 0.6 is 0 Å². The minimum absolute atomic E-state index is 0.142. The number of nitrogens with one attached hydrogen (secondary N) is 2. The highest BCUT2D eigenvalue weighted by atomic mass is 16.1. The molecule has 0 amide bonds. The highest BCUT2D eigenvalue weighted by Crippen LogP contribution is 2.08. The molecule has 0 aliphatic carbocycles. The standard InChI is InChI=1S/C14H25N3O/c1-2-3-4-5-6-7-8-9-10-15-13-14(18)17-12-11-16-13/h11-12H,2-10H2,1H3,(H,15,16)(H,17,18). The first-order valence-electron chi connectivity index (χ1n) is 7.12. The summed E-state index contributed by atoms with van der Waals surface area (Å²) in [6, 6.07) is 0. The molecule has 18 heavy (non-hydrogen) atoms. The molecule has 0 atom stereocenters. The lowest BCUT2D eigenvalue weighted by atomic mass is 10.1. The van der Waals surface area contributed by atoms with Crippen molar-refractivity contribution in [2.24, 2.45) is 0 Å². The molecule has 1 aromatic heterocycles. The van der Waals surface area contributed by atoms with E-state index in [9.17, 15) is 4.79 Å². The van der Waals surface area contributed by atoms with Gasteiger partial charge in [0.05, 0.1) is 0 Å². The van der Waals surface area contributed by atoms with Crippen LogP contribution in [0, 0.1) is 0 Å². The van der Waals surface area contributed by atoms with Gasteiger partial charge in [0.1, 0.15) is 0 Å². The van der Waals surface area contributed by atoms with Crippen LogP contribution in [0.15, 0.2) is 17.2 Å². The topological polar surface area (TPSA) is 57.8 Å². The van der Waals surface area contributed by atoms with Crippen LogP contribution in [-0.4, -0.2) is 16.5 Å². The van der Waals surface area contributed by atoms with Crippen LogP contribution in [-0.2, 0) is 0 Å². The molecule has 0 bridgehead atoms. The normalized spacial score (nSPS) is 10.5. The molecule has 1 heterocycles. The van der Waals surface area contributed by atoms with Crippen molar-refractivity contribution >= 4 is 5.82 Å². The van der Waals surface area contributed by atoms with Gasteiger partial charge in [0.2, 0.25) is 0 Å². The first-order chi connectivity index (χ1) is 8.84. The Bertz CT molecular complexity index is 362. The number of unbranched alkanes of at least 4 members (excludes halogenated alkanes) is 7. The Labute approximate surface area is 109 Å². The van der Waals surface area contributed by atoms with Gasteiger partial charge in [-0.2, -0.15) is 0 Å². The summed E-state index contributed by atoms with van der Waals surface area (Å²) in [4.78, 5) is 17.9. The average Bonchev–Trinajstić information content (AvgIpc) is 2.39. The number of aromatic amines is 1. The number of aromatic nitrogens is 2. The highest BCUT2D eigenvalue weighted by molar-refractivity contribution is 5.29. The summed E-state index contributed by atoms with van der Waals surface area (Å²) in [7, 11) is 0. The summed E-state index contributed by atoms with van der Waals surface area (Å²) >= 11 is 0. The molecule has 0 saturated heterocycles. The first-order valence-corrected chi connectivity index (χ1v) is 7.12. The molecule has 0 saturated carbocycles. The van der Waals surface area contributed by atoms with E-state index in [-0.39, 0.29) is 5.56 Å². The number of rotatable bonds is 10. The molecule has 0 aliphatic heterocycles. The third-order valence-corrected chi connectivity index (χ3v) is 3.03. The Morgan fingerprint density at radius 3 is 2.44 bits per heavy atom.